The standard InChI is InChI=1S/C5H10NO2Se/c1-5(2,9)3(6)4(7)8/h3H,6H2,1-2H3,(H,7,8)/t3-/m0/s1. The summed E-state index contributed by atoms with van der Waals surface area (Å²) < 4.78 is -0.466. The van der Waals surface area contributed by atoms with Gasteiger partial charge in [0.05, 0.1) is 0 Å². The molecule has 0 rings (SSSR count). The van der Waals surface area contributed by atoms with Gasteiger partial charge in [0, 0.05) is 0 Å². The van der Waals surface area contributed by atoms with Gasteiger partial charge in [-0.2, -0.15) is 0 Å². The van der Waals surface area contributed by atoms with Crippen molar-refractivity contribution in [2.75, 3.05) is 0 Å². The summed E-state index contributed by atoms with van der Waals surface area (Å²) in [7, 11) is 0. The van der Waals surface area contributed by atoms with Crippen molar-refractivity contribution < 1.29 is 9.90 Å². The van der Waals surface area contributed by atoms with E-state index in [9.17, 15) is 4.79 Å². The molecule has 0 aromatic carbocycles. The van der Waals surface area contributed by atoms with Crippen LogP contribution >= 0.6 is 0 Å². The first-order valence-corrected chi connectivity index (χ1v) is 3.40. The van der Waals surface area contributed by atoms with E-state index in [1.165, 1.54) is 0 Å². The maximum absolute atomic E-state index is 10.2. The Morgan fingerprint density at radius 1 is 1.78 bits per heavy atom. The summed E-state index contributed by atoms with van der Waals surface area (Å²) in [6.45, 7) is 3.48. The van der Waals surface area contributed by atoms with Crippen LogP contribution in [0.3, 0.4) is 0 Å². The normalized spacial score (nSPS) is 15.1. The summed E-state index contributed by atoms with van der Waals surface area (Å²) in [5.74, 6) is -0.973. The first kappa shape index (κ1) is 8.95. The average Bonchev–Trinajstić information content (AvgIpc) is 1.62. The molecule has 0 aliphatic heterocycles. The van der Waals surface area contributed by atoms with Crippen LogP contribution in [0.4, 0.5) is 0 Å². The molecule has 0 unspecified atom stereocenters. The summed E-state index contributed by atoms with van der Waals surface area (Å²) in [6.07, 6.45) is 0. The van der Waals surface area contributed by atoms with Gasteiger partial charge in [-0.3, -0.25) is 0 Å². The molecule has 0 aromatic heterocycles. The molecular formula is C5H10NO2Se. The molecule has 0 heterocycles. The zero-order chi connectivity index (χ0) is 7.65. The molecule has 0 fully saturated rings. The summed E-state index contributed by atoms with van der Waals surface area (Å²) in [4.78, 5) is 10.2. The number of carbonyl (C=O) groups is 1. The van der Waals surface area contributed by atoms with Crippen LogP contribution < -0.4 is 5.73 Å². The number of carboxylic acid groups (broad SMARTS) is 1. The Morgan fingerprint density at radius 2 is 2.11 bits per heavy atom. The minimum absolute atomic E-state index is 0.466. The van der Waals surface area contributed by atoms with Crippen molar-refractivity contribution in [1.29, 1.82) is 0 Å². The Bertz CT molecular complexity index is 119. The van der Waals surface area contributed by atoms with Crippen LogP contribution in [0.25, 0.3) is 0 Å². The molecule has 0 aromatic rings. The quantitative estimate of drug-likeness (QED) is 0.598. The molecule has 0 aliphatic rings. The summed E-state index contributed by atoms with van der Waals surface area (Å²) in [5.41, 5.74) is 5.26. The van der Waals surface area contributed by atoms with Gasteiger partial charge in [0.15, 0.2) is 0 Å². The van der Waals surface area contributed by atoms with Crippen molar-refractivity contribution in [3.8, 4) is 0 Å². The van der Waals surface area contributed by atoms with Crippen molar-refractivity contribution >= 4 is 22.0 Å². The van der Waals surface area contributed by atoms with E-state index >= 15 is 0 Å². The van der Waals surface area contributed by atoms with E-state index in [0.717, 1.165) is 0 Å². The van der Waals surface area contributed by atoms with Crippen LogP contribution in [-0.4, -0.2) is 33.1 Å². The summed E-state index contributed by atoms with van der Waals surface area (Å²) >= 11 is 2.69. The molecule has 4 heteroatoms. The van der Waals surface area contributed by atoms with Crippen LogP contribution in [0.5, 0.6) is 0 Å². The summed E-state index contributed by atoms with van der Waals surface area (Å²) in [6, 6.07) is -0.822. The monoisotopic (exact) mass is 196 g/mol. The second kappa shape index (κ2) is 2.69. The molecule has 0 saturated heterocycles. The molecule has 1 atom stereocenters. The molecule has 0 saturated carbocycles. The molecule has 0 aliphatic carbocycles. The van der Waals surface area contributed by atoms with Gasteiger partial charge in [0.25, 0.3) is 0 Å². The van der Waals surface area contributed by atoms with E-state index in [4.69, 9.17) is 10.8 Å². The molecule has 1 radical (unpaired) electrons. The SMILES string of the molecule is CC(C)([Se])[C@@H](N)C(=O)O. The molecule has 9 heavy (non-hydrogen) atoms. The van der Waals surface area contributed by atoms with Crippen molar-refractivity contribution in [3.63, 3.8) is 0 Å². The minimum atomic E-state index is -0.973. The van der Waals surface area contributed by atoms with Gasteiger partial charge in [0.1, 0.15) is 0 Å². The van der Waals surface area contributed by atoms with Gasteiger partial charge in [-0.1, -0.05) is 0 Å². The first-order chi connectivity index (χ1) is 3.85. The van der Waals surface area contributed by atoms with E-state index in [2.05, 4.69) is 16.0 Å². The predicted molar refractivity (Wildman–Crippen MR) is 35.4 cm³/mol. The van der Waals surface area contributed by atoms with Crippen molar-refractivity contribution in [2.45, 2.75) is 24.2 Å². The number of hydrogen-bond acceptors (Lipinski definition) is 2. The molecular weight excluding hydrogens is 185 g/mol. The van der Waals surface area contributed by atoms with Crippen LogP contribution in [0.2, 0.25) is 4.31 Å². The third kappa shape index (κ3) is 2.84. The molecule has 0 bridgehead atoms. The predicted octanol–water partition coefficient (Wildman–Crippen LogP) is -0.235. The Hall–Kier alpha value is -0.0505. The fourth-order valence-electron chi connectivity index (χ4n) is 0.297. The van der Waals surface area contributed by atoms with Gasteiger partial charge < -0.3 is 0 Å². The van der Waals surface area contributed by atoms with Crippen LogP contribution in [0.15, 0.2) is 0 Å². The number of nitrogens with two attached hydrogens (primary N) is 1. The van der Waals surface area contributed by atoms with Gasteiger partial charge >= 0.3 is 61.8 Å². The Kier molecular flexibility index (Phi) is 2.67. The van der Waals surface area contributed by atoms with E-state index < -0.39 is 16.3 Å². The second-order valence-corrected chi connectivity index (χ2v) is 4.63. The van der Waals surface area contributed by atoms with Gasteiger partial charge in [-0.15, -0.1) is 0 Å². The topological polar surface area (TPSA) is 63.3 Å². The summed E-state index contributed by atoms with van der Waals surface area (Å²) in [5, 5.41) is 8.37. The molecule has 0 spiro atoms. The Labute approximate surface area is 62.4 Å². The Morgan fingerprint density at radius 3 is 2.11 bits per heavy atom. The van der Waals surface area contributed by atoms with E-state index in [1.54, 1.807) is 13.8 Å². The van der Waals surface area contributed by atoms with Gasteiger partial charge in [0.2, 0.25) is 0 Å². The van der Waals surface area contributed by atoms with Crippen LogP contribution in [0.1, 0.15) is 13.8 Å². The molecule has 3 nitrogen and oxygen atoms in total. The first-order valence-electron chi connectivity index (χ1n) is 2.54. The van der Waals surface area contributed by atoms with Crippen molar-refractivity contribution in [1.82, 2.24) is 0 Å². The van der Waals surface area contributed by atoms with E-state index in [-0.39, 0.29) is 0 Å². The number of aliphatic carboxylic acids is 1. The van der Waals surface area contributed by atoms with Gasteiger partial charge in [-0.05, 0) is 0 Å². The van der Waals surface area contributed by atoms with E-state index in [0.29, 0.717) is 0 Å². The van der Waals surface area contributed by atoms with Crippen molar-refractivity contribution in [2.24, 2.45) is 5.73 Å². The Balaban J connectivity index is 4.04. The van der Waals surface area contributed by atoms with E-state index in [1.807, 2.05) is 0 Å². The maximum atomic E-state index is 10.2. The van der Waals surface area contributed by atoms with Crippen molar-refractivity contribution in [3.05, 3.63) is 0 Å². The third-order valence-electron chi connectivity index (χ3n) is 1.02. The molecule has 3 N–H and O–H groups in total. The van der Waals surface area contributed by atoms with Crippen LogP contribution in [0, 0.1) is 0 Å². The fourth-order valence-corrected chi connectivity index (χ4v) is 0.509. The average molecular weight is 195 g/mol. The zero-order valence-electron chi connectivity index (χ0n) is 5.42. The number of carboxylic acids is 1. The second-order valence-electron chi connectivity index (χ2n) is 2.42. The van der Waals surface area contributed by atoms with Gasteiger partial charge in [-0.25, -0.2) is 0 Å². The van der Waals surface area contributed by atoms with Crippen LogP contribution in [-0.2, 0) is 4.79 Å². The molecule has 53 valence electrons. The molecule has 0 amide bonds. The number of hydrogen-bond donors (Lipinski definition) is 2. The zero-order valence-corrected chi connectivity index (χ0v) is 7.13. The third-order valence-corrected chi connectivity index (χ3v) is 1.55. The fraction of sp³-hybridized carbons (Fsp3) is 0.800. The number of rotatable bonds is 2.